The molecule has 16 nitrogen and oxygen atoms in total. The molecule has 1 aliphatic heterocycles. The number of unbranched alkanes of at least 4 members (excludes halogenated alkanes) is 1. The number of carbonyl (C=O) groups excluding carboxylic acids is 7. The molecule has 3 aromatic carbocycles. The maximum Gasteiger partial charge on any atom is 0.338 e. The molecule has 3 aromatic rings. The van der Waals surface area contributed by atoms with Crippen LogP contribution in [0.1, 0.15) is 119 Å². The maximum absolute atomic E-state index is 16.2. The van der Waals surface area contributed by atoms with Crippen LogP contribution in [0.4, 0.5) is 0 Å². The minimum Gasteiger partial charge on any atom is -0.461 e. The highest BCUT2D eigenvalue weighted by Crippen LogP contribution is 2.65. The lowest BCUT2D eigenvalue weighted by molar-refractivity contribution is -0.346. The van der Waals surface area contributed by atoms with Gasteiger partial charge in [-0.05, 0) is 61.2 Å². The number of amides is 1. The van der Waals surface area contributed by atoms with E-state index in [0.29, 0.717) is 18.4 Å². The van der Waals surface area contributed by atoms with Gasteiger partial charge in [0.2, 0.25) is 0 Å². The quantitative estimate of drug-likeness (QED) is 0.0920. The fourth-order valence-corrected chi connectivity index (χ4v) is 10.9. The molecule has 69 heavy (non-hydrogen) atoms. The molecular formula is C53H61NO15. The lowest BCUT2D eigenvalue weighted by atomic mass is 9.44. The van der Waals surface area contributed by atoms with Gasteiger partial charge in [0, 0.05) is 43.6 Å². The van der Waals surface area contributed by atoms with E-state index < -0.39 is 119 Å². The van der Waals surface area contributed by atoms with Gasteiger partial charge in [0.15, 0.2) is 23.6 Å². The zero-order chi connectivity index (χ0) is 50.1. The van der Waals surface area contributed by atoms with Gasteiger partial charge in [0.1, 0.15) is 30.0 Å². The van der Waals surface area contributed by atoms with Crippen LogP contribution in [-0.4, -0.2) is 106 Å². The molecule has 0 spiro atoms. The number of ether oxygens (including phenoxy) is 6. The number of nitrogens with one attached hydrogen (secondary N) is 1. The first-order chi connectivity index (χ1) is 32.7. The van der Waals surface area contributed by atoms with Crippen LogP contribution in [0, 0.1) is 16.7 Å². The number of carbonyl (C=O) groups is 7. The van der Waals surface area contributed by atoms with Gasteiger partial charge in [-0.3, -0.25) is 24.0 Å². The molecule has 3 aliphatic carbocycles. The predicted octanol–water partition coefficient (Wildman–Crippen LogP) is 5.87. The highest BCUT2D eigenvalue weighted by atomic mass is 16.6. The summed E-state index contributed by atoms with van der Waals surface area (Å²) >= 11 is 0. The largest absolute Gasteiger partial charge is 0.461 e. The molecular weight excluding hydrogens is 891 g/mol. The van der Waals surface area contributed by atoms with E-state index in [1.54, 1.807) is 99.6 Å². The molecule has 0 unspecified atom stereocenters. The molecule has 4 aliphatic rings. The van der Waals surface area contributed by atoms with E-state index in [-0.39, 0.29) is 48.1 Å². The van der Waals surface area contributed by atoms with E-state index in [9.17, 15) is 39.0 Å². The molecule has 11 atom stereocenters. The van der Waals surface area contributed by atoms with Crippen LogP contribution >= 0.6 is 0 Å². The van der Waals surface area contributed by atoms with Crippen molar-refractivity contribution in [2.24, 2.45) is 16.7 Å². The number of ketones is 1. The molecule has 7 rings (SSSR count). The monoisotopic (exact) mass is 951 g/mol. The fraction of sp³-hybridized carbons (Fsp3) is 0.491. The lowest BCUT2D eigenvalue weighted by Gasteiger charge is -2.67. The van der Waals surface area contributed by atoms with E-state index in [0.717, 1.165) is 6.92 Å². The average molecular weight is 952 g/mol. The van der Waals surface area contributed by atoms with E-state index in [1.165, 1.54) is 26.0 Å². The Morgan fingerprint density at radius 2 is 1.43 bits per heavy atom. The summed E-state index contributed by atoms with van der Waals surface area (Å²) in [6, 6.07) is 23.0. The first-order valence-corrected chi connectivity index (χ1v) is 23.5. The standard InChI is InChI=1S/C53H61NO15/c1-8-10-26-39(57)66-36-27-37-52(29-64-37,69-31(4)55)44-46(68-48(61)34-24-18-13-19-25-34)53(63)28-35(30(3)40(50(53,5)6)43(67-38(56)9-2)45(59)51(36,44)7)65-49(62)42(58)41(32-20-14-11-15-21-32)54-47(60)33-22-16-12-17-23-33/h11-25,35-37,41-44,46,58,63H,8-10,26-29H2,1-7H3,(H,54,60)/t35-,36-,37+,41-,42+,43+,44-,46-,51+,52-,53+/m0/s1. The third kappa shape index (κ3) is 9.21. The van der Waals surface area contributed by atoms with Crippen molar-refractivity contribution >= 4 is 41.5 Å². The molecule has 2 bridgehead atoms. The Morgan fingerprint density at radius 3 is 2.00 bits per heavy atom. The minimum atomic E-state index is -2.44. The molecule has 0 radical (unpaired) electrons. The van der Waals surface area contributed by atoms with Crippen LogP contribution in [-0.2, 0) is 52.4 Å². The van der Waals surface area contributed by atoms with Crippen molar-refractivity contribution in [1.82, 2.24) is 5.32 Å². The molecule has 1 amide bonds. The summed E-state index contributed by atoms with van der Waals surface area (Å²) in [6.45, 7) is 10.4. The van der Waals surface area contributed by atoms with Crippen molar-refractivity contribution in [3.63, 3.8) is 0 Å². The Balaban J connectivity index is 1.43. The van der Waals surface area contributed by atoms with Crippen LogP contribution < -0.4 is 5.32 Å². The van der Waals surface area contributed by atoms with Crippen LogP contribution in [0.2, 0.25) is 0 Å². The van der Waals surface area contributed by atoms with Gasteiger partial charge in [-0.1, -0.05) is 101 Å². The van der Waals surface area contributed by atoms with Crippen molar-refractivity contribution < 1.29 is 72.2 Å². The normalized spacial score (nSPS) is 29.7. The molecule has 1 saturated heterocycles. The third-order valence-corrected chi connectivity index (χ3v) is 14.7. The SMILES string of the molecule is CCCCC(=O)O[C@H]1C[C@H]2OC[C@@]2(OC(C)=O)[C@H]2[C@H](OC(=O)c3ccccc3)[C@]3(O)C[C@H](OC(=O)[C@H](O)[C@@H](NC(=O)c4ccccc4)c4ccccc4)C(C)=C([C@@H](OC(=O)CC)C(=O)[C@]12C)C3(C)C. The summed E-state index contributed by atoms with van der Waals surface area (Å²) in [7, 11) is 0. The summed E-state index contributed by atoms with van der Waals surface area (Å²) in [5.41, 5.74) is -7.20. The van der Waals surface area contributed by atoms with Crippen molar-refractivity contribution in [3.05, 3.63) is 119 Å². The van der Waals surface area contributed by atoms with E-state index in [2.05, 4.69) is 5.32 Å². The molecule has 1 heterocycles. The number of hydrogen-bond donors (Lipinski definition) is 3. The van der Waals surface area contributed by atoms with Crippen molar-refractivity contribution in [1.29, 1.82) is 0 Å². The number of rotatable bonds is 15. The zero-order valence-corrected chi connectivity index (χ0v) is 39.9. The van der Waals surface area contributed by atoms with Crippen LogP contribution in [0.25, 0.3) is 0 Å². The highest BCUT2D eigenvalue weighted by molar-refractivity contribution is 5.96. The first-order valence-electron chi connectivity index (χ1n) is 23.5. The van der Waals surface area contributed by atoms with Gasteiger partial charge in [-0.25, -0.2) is 9.59 Å². The number of hydrogen-bond acceptors (Lipinski definition) is 15. The Bertz CT molecular complexity index is 2470. The van der Waals surface area contributed by atoms with Gasteiger partial charge < -0.3 is 44.0 Å². The molecule has 2 saturated carbocycles. The number of fused-ring (bicyclic) bond motifs is 5. The second-order valence-electron chi connectivity index (χ2n) is 19.2. The summed E-state index contributed by atoms with van der Waals surface area (Å²) in [5.74, 6) is -7.45. The number of benzene rings is 3. The Morgan fingerprint density at radius 1 is 0.826 bits per heavy atom. The summed E-state index contributed by atoms with van der Waals surface area (Å²) in [4.78, 5) is 99.4. The number of aliphatic hydroxyl groups excluding tert-OH is 1. The second kappa shape index (κ2) is 20.0. The Kier molecular flexibility index (Phi) is 14.7. The molecule has 3 fully saturated rings. The highest BCUT2D eigenvalue weighted by Gasteiger charge is 2.79. The van der Waals surface area contributed by atoms with Crippen molar-refractivity contribution in [2.45, 2.75) is 141 Å². The van der Waals surface area contributed by atoms with Gasteiger partial charge in [0.05, 0.1) is 29.5 Å². The smallest absolute Gasteiger partial charge is 0.338 e. The van der Waals surface area contributed by atoms with Crippen LogP contribution in [0.5, 0.6) is 0 Å². The number of esters is 5. The molecule has 3 N–H and O–H groups in total. The van der Waals surface area contributed by atoms with Crippen LogP contribution in [0.3, 0.4) is 0 Å². The van der Waals surface area contributed by atoms with Crippen molar-refractivity contribution in [2.75, 3.05) is 6.61 Å². The third-order valence-electron chi connectivity index (χ3n) is 14.7. The predicted molar refractivity (Wildman–Crippen MR) is 246 cm³/mol. The second-order valence-corrected chi connectivity index (χ2v) is 19.2. The summed E-state index contributed by atoms with van der Waals surface area (Å²) in [6.07, 6.45) is -9.54. The molecule has 0 aromatic heterocycles. The fourth-order valence-electron chi connectivity index (χ4n) is 10.9. The van der Waals surface area contributed by atoms with Crippen molar-refractivity contribution in [3.8, 4) is 0 Å². The van der Waals surface area contributed by atoms with Gasteiger partial charge >= 0.3 is 29.8 Å². The maximum atomic E-state index is 16.2. The summed E-state index contributed by atoms with van der Waals surface area (Å²) < 4.78 is 37.4. The molecule has 368 valence electrons. The van der Waals surface area contributed by atoms with E-state index in [1.807, 2.05) is 6.92 Å². The van der Waals surface area contributed by atoms with E-state index in [4.69, 9.17) is 28.4 Å². The Hall–Kier alpha value is -6.23. The molecule has 16 heteroatoms. The topological polar surface area (TPSA) is 227 Å². The summed E-state index contributed by atoms with van der Waals surface area (Å²) in [5, 5.41) is 28.7. The van der Waals surface area contributed by atoms with Gasteiger partial charge in [0.25, 0.3) is 5.91 Å². The Labute approximate surface area is 401 Å². The zero-order valence-electron chi connectivity index (χ0n) is 39.9. The minimum absolute atomic E-state index is 0.00246. The first kappa shape index (κ1) is 50.6. The lowest BCUT2D eigenvalue weighted by Crippen LogP contribution is -2.82. The van der Waals surface area contributed by atoms with Crippen LogP contribution in [0.15, 0.2) is 102 Å². The van der Waals surface area contributed by atoms with Gasteiger partial charge in [-0.2, -0.15) is 0 Å². The number of aliphatic hydroxyl groups is 2. The average Bonchev–Trinajstić information content (AvgIpc) is 3.33. The van der Waals surface area contributed by atoms with E-state index >= 15 is 4.79 Å². The van der Waals surface area contributed by atoms with Gasteiger partial charge in [-0.15, -0.1) is 0 Å². The number of Topliss-reactive ketones (excluding diaryl/α,β-unsaturated/α-hetero) is 1.